The zero-order chi connectivity index (χ0) is 15.9. The number of rotatable bonds is 7. The molecule has 0 N–H and O–H groups in total. The summed E-state index contributed by atoms with van der Waals surface area (Å²) in [5, 5.41) is 0. The first-order valence-corrected chi connectivity index (χ1v) is 8.47. The molecule has 2 aromatic rings. The molecule has 118 valence electrons. The average Bonchev–Trinajstić information content (AvgIpc) is 2.51. The first-order chi connectivity index (χ1) is 10.5. The van der Waals surface area contributed by atoms with Crippen molar-refractivity contribution in [2.24, 2.45) is 11.8 Å². The molecular weight excluding hydrogens is 268 g/mol. The van der Waals surface area contributed by atoms with Gasteiger partial charge in [0.1, 0.15) is 0 Å². The molecule has 0 aliphatic carbocycles. The van der Waals surface area contributed by atoms with Gasteiger partial charge in [-0.2, -0.15) is 0 Å². The summed E-state index contributed by atoms with van der Waals surface area (Å²) in [6.07, 6.45) is 4.44. The summed E-state index contributed by atoms with van der Waals surface area (Å²) in [7, 11) is 0. The summed E-state index contributed by atoms with van der Waals surface area (Å²) in [6, 6.07) is 12.6. The molecule has 0 atom stereocenters. The molecular formula is C20H28N2. The lowest BCUT2D eigenvalue weighted by Gasteiger charge is -2.08. The quantitative estimate of drug-likeness (QED) is 0.691. The molecule has 0 saturated carbocycles. The lowest BCUT2D eigenvalue weighted by molar-refractivity contribution is 0.581. The minimum atomic E-state index is 0.711. The van der Waals surface area contributed by atoms with E-state index in [2.05, 4.69) is 64.1 Å². The van der Waals surface area contributed by atoms with Crippen molar-refractivity contribution in [1.29, 1.82) is 0 Å². The smallest absolute Gasteiger partial charge is 0.0889 e. The van der Waals surface area contributed by atoms with Gasteiger partial charge in [-0.25, -0.2) is 0 Å². The van der Waals surface area contributed by atoms with E-state index < -0.39 is 0 Å². The van der Waals surface area contributed by atoms with Crippen LogP contribution >= 0.6 is 0 Å². The van der Waals surface area contributed by atoms with Gasteiger partial charge in [-0.15, -0.1) is 0 Å². The van der Waals surface area contributed by atoms with Gasteiger partial charge in [0.05, 0.1) is 11.4 Å². The van der Waals surface area contributed by atoms with E-state index in [0.29, 0.717) is 11.8 Å². The summed E-state index contributed by atoms with van der Waals surface area (Å²) in [4.78, 5) is 9.58. The first kappa shape index (κ1) is 16.7. The second kappa shape index (κ2) is 8.07. The van der Waals surface area contributed by atoms with E-state index >= 15 is 0 Å². The van der Waals surface area contributed by atoms with Crippen LogP contribution in [0.3, 0.4) is 0 Å². The van der Waals surface area contributed by atoms with Gasteiger partial charge in [-0.1, -0.05) is 39.8 Å². The van der Waals surface area contributed by atoms with Gasteiger partial charge in [-0.05, 0) is 61.8 Å². The molecule has 0 aromatic carbocycles. The number of hydrogen-bond acceptors (Lipinski definition) is 2. The number of pyridine rings is 2. The van der Waals surface area contributed by atoms with E-state index in [9.17, 15) is 0 Å². The molecule has 2 heteroatoms. The standard InChI is InChI=1S/C20H28N2/c1-15(2)11-13-17-7-5-9-19(21-17)20-10-6-8-18(22-20)14-12-16(3)4/h5-10,15-16H,11-14H2,1-4H3. The van der Waals surface area contributed by atoms with E-state index in [0.717, 1.165) is 24.2 Å². The van der Waals surface area contributed by atoms with Gasteiger partial charge < -0.3 is 0 Å². The third kappa shape index (κ3) is 5.25. The maximum absolute atomic E-state index is 4.79. The fraction of sp³-hybridized carbons (Fsp3) is 0.500. The Balaban J connectivity index is 2.13. The van der Waals surface area contributed by atoms with Crippen molar-refractivity contribution in [1.82, 2.24) is 9.97 Å². The monoisotopic (exact) mass is 296 g/mol. The van der Waals surface area contributed by atoms with Crippen LogP contribution in [-0.2, 0) is 12.8 Å². The molecule has 0 bridgehead atoms. The van der Waals surface area contributed by atoms with Gasteiger partial charge in [0.2, 0.25) is 0 Å². The van der Waals surface area contributed by atoms with E-state index in [1.807, 2.05) is 0 Å². The van der Waals surface area contributed by atoms with Crippen LogP contribution in [0, 0.1) is 11.8 Å². The zero-order valence-electron chi connectivity index (χ0n) is 14.3. The summed E-state index contributed by atoms with van der Waals surface area (Å²) in [5.74, 6) is 1.42. The van der Waals surface area contributed by atoms with Crippen molar-refractivity contribution in [2.75, 3.05) is 0 Å². The van der Waals surface area contributed by atoms with E-state index in [4.69, 9.17) is 9.97 Å². The predicted molar refractivity (Wildman–Crippen MR) is 93.8 cm³/mol. The van der Waals surface area contributed by atoms with Gasteiger partial charge >= 0.3 is 0 Å². The molecule has 0 saturated heterocycles. The largest absolute Gasteiger partial charge is 0.251 e. The Morgan fingerprint density at radius 2 is 1.09 bits per heavy atom. The Labute approximate surface area is 135 Å². The highest BCUT2D eigenvalue weighted by Gasteiger charge is 2.05. The molecule has 22 heavy (non-hydrogen) atoms. The minimum absolute atomic E-state index is 0.711. The van der Waals surface area contributed by atoms with E-state index in [-0.39, 0.29) is 0 Å². The number of aromatic nitrogens is 2. The highest BCUT2D eigenvalue weighted by atomic mass is 14.8. The second-order valence-electron chi connectivity index (χ2n) is 6.89. The van der Waals surface area contributed by atoms with Crippen molar-refractivity contribution in [3.05, 3.63) is 47.8 Å². The number of hydrogen-bond donors (Lipinski definition) is 0. The molecule has 2 aromatic heterocycles. The van der Waals surface area contributed by atoms with Crippen LogP contribution in [0.2, 0.25) is 0 Å². The maximum atomic E-state index is 4.79. The molecule has 0 unspecified atom stereocenters. The van der Waals surface area contributed by atoms with Crippen molar-refractivity contribution >= 4 is 0 Å². The lowest BCUT2D eigenvalue weighted by atomic mass is 10.1. The molecule has 0 aliphatic heterocycles. The summed E-state index contributed by atoms with van der Waals surface area (Å²) >= 11 is 0. The van der Waals surface area contributed by atoms with Gasteiger partial charge in [-0.3, -0.25) is 9.97 Å². The Hall–Kier alpha value is -1.70. The molecule has 0 radical (unpaired) electrons. The number of aryl methyl sites for hydroxylation is 2. The molecule has 2 rings (SSSR count). The highest BCUT2D eigenvalue weighted by Crippen LogP contribution is 2.18. The normalized spacial score (nSPS) is 11.4. The van der Waals surface area contributed by atoms with Crippen molar-refractivity contribution in [2.45, 2.75) is 53.4 Å². The van der Waals surface area contributed by atoms with Crippen LogP contribution < -0.4 is 0 Å². The van der Waals surface area contributed by atoms with Crippen LogP contribution in [0.15, 0.2) is 36.4 Å². The maximum Gasteiger partial charge on any atom is 0.0889 e. The molecule has 0 aliphatic rings. The zero-order valence-corrected chi connectivity index (χ0v) is 14.3. The van der Waals surface area contributed by atoms with Crippen molar-refractivity contribution in [3.8, 4) is 11.4 Å². The number of nitrogens with zero attached hydrogens (tertiary/aromatic N) is 2. The topological polar surface area (TPSA) is 25.8 Å². The molecule has 0 spiro atoms. The predicted octanol–water partition coefficient (Wildman–Crippen LogP) is 5.32. The third-order valence-corrected chi connectivity index (χ3v) is 3.83. The molecule has 2 heterocycles. The Bertz CT molecular complexity index is 534. The van der Waals surface area contributed by atoms with Crippen LogP contribution in [0.1, 0.15) is 51.9 Å². The fourth-order valence-corrected chi connectivity index (χ4v) is 2.40. The lowest BCUT2D eigenvalue weighted by Crippen LogP contribution is -1.99. The van der Waals surface area contributed by atoms with Crippen LogP contribution in [0.4, 0.5) is 0 Å². The SMILES string of the molecule is CC(C)CCc1cccc(-c2cccc(CCC(C)C)n2)n1. The van der Waals surface area contributed by atoms with Gasteiger partial charge in [0, 0.05) is 11.4 Å². The summed E-state index contributed by atoms with van der Waals surface area (Å²) in [6.45, 7) is 9.01. The van der Waals surface area contributed by atoms with Crippen LogP contribution in [0.25, 0.3) is 11.4 Å². The highest BCUT2D eigenvalue weighted by molar-refractivity contribution is 5.54. The Morgan fingerprint density at radius 3 is 1.45 bits per heavy atom. The van der Waals surface area contributed by atoms with Gasteiger partial charge in [0.15, 0.2) is 0 Å². The molecule has 2 nitrogen and oxygen atoms in total. The van der Waals surface area contributed by atoms with E-state index in [1.165, 1.54) is 24.2 Å². The Kier molecular flexibility index (Phi) is 6.11. The van der Waals surface area contributed by atoms with Crippen LogP contribution in [0.5, 0.6) is 0 Å². The third-order valence-electron chi connectivity index (χ3n) is 3.83. The average molecular weight is 296 g/mol. The second-order valence-corrected chi connectivity index (χ2v) is 6.89. The first-order valence-electron chi connectivity index (χ1n) is 8.47. The summed E-state index contributed by atoms with van der Waals surface area (Å²) in [5.41, 5.74) is 4.32. The Morgan fingerprint density at radius 1 is 0.682 bits per heavy atom. The van der Waals surface area contributed by atoms with Crippen molar-refractivity contribution < 1.29 is 0 Å². The molecule has 0 fully saturated rings. The van der Waals surface area contributed by atoms with Crippen molar-refractivity contribution in [3.63, 3.8) is 0 Å². The summed E-state index contributed by atoms with van der Waals surface area (Å²) < 4.78 is 0. The van der Waals surface area contributed by atoms with E-state index in [1.54, 1.807) is 0 Å². The minimum Gasteiger partial charge on any atom is -0.251 e. The fourth-order valence-electron chi connectivity index (χ4n) is 2.40. The van der Waals surface area contributed by atoms with Gasteiger partial charge in [0.25, 0.3) is 0 Å². The molecule has 0 amide bonds. The van der Waals surface area contributed by atoms with Crippen LogP contribution in [-0.4, -0.2) is 9.97 Å².